The van der Waals surface area contributed by atoms with Gasteiger partial charge in [-0.1, -0.05) is 23.7 Å². The first-order chi connectivity index (χ1) is 7.75. The van der Waals surface area contributed by atoms with Crippen molar-refractivity contribution >= 4 is 17.6 Å². The number of halogens is 1. The maximum atomic E-state index is 11.1. The van der Waals surface area contributed by atoms with Crippen LogP contribution in [0.2, 0.25) is 5.02 Å². The van der Waals surface area contributed by atoms with E-state index in [2.05, 4.69) is 10.1 Å². The summed E-state index contributed by atoms with van der Waals surface area (Å²) in [6, 6.07) is 7.51. The number of esters is 1. The number of carbonyl (C=O) groups is 1. The van der Waals surface area contributed by atoms with E-state index < -0.39 is 0 Å². The van der Waals surface area contributed by atoms with Gasteiger partial charge in [0.1, 0.15) is 0 Å². The van der Waals surface area contributed by atoms with E-state index in [1.807, 2.05) is 24.3 Å². The molecule has 1 heterocycles. The van der Waals surface area contributed by atoms with E-state index in [1.54, 1.807) is 12.3 Å². The monoisotopic (exact) mass is 235 g/mol. The zero-order valence-corrected chi connectivity index (χ0v) is 9.20. The Morgan fingerprint density at radius 1 is 1.31 bits per heavy atom. The lowest BCUT2D eigenvalue weighted by atomic mass is 10.2. The quantitative estimate of drug-likeness (QED) is 0.646. The van der Waals surface area contributed by atoms with Gasteiger partial charge in [0.2, 0.25) is 0 Å². The molecule has 82 valence electrons. The molecule has 1 aromatic rings. The molecule has 0 aliphatic carbocycles. The molecule has 0 radical (unpaired) electrons. The second-order valence-electron chi connectivity index (χ2n) is 3.32. The van der Waals surface area contributed by atoms with Gasteiger partial charge in [-0.15, -0.1) is 0 Å². The van der Waals surface area contributed by atoms with E-state index in [4.69, 9.17) is 11.6 Å². The van der Waals surface area contributed by atoms with Crippen molar-refractivity contribution in [3.05, 3.63) is 59.0 Å². The molecule has 0 bridgehead atoms. The molecule has 0 amide bonds. The molecule has 4 heteroatoms. The molecular weight excluding hydrogens is 226 g/mol. The van der Waals surface area contributed by atoms with E-state index in [9.17, 15) is 4.79 Å². The number of hydrogen-bond donors (Lipinski definition) is 1. The molecule has 1 aliphatic heterocycles. The lowest BCUT2D eigenvalue weighted by Gasteiger charge is -2.01. The van der Waals surface area contributed by atoms with E-state index in [-0.39, 0.29) is 5.97 Å². The lowest BCUT2D eigenvalue weighted by molar-refractivity contribution is -0.132. The summed E-state index contributed by atoms with van der Waals surface area (Å²) in [5.74, 6) is -0.330. The van der Waals surface area contributed by atoms with Crippen LogP contribution in [0, 0.1) is 0 Å². The van der Waals surface area contributed by atoms with Gasteiger partial charge >= 0.3 is 5.97 Å². The highest BCUT2D eigenvalue weighted by Crippen LogP contribution is 2.10. The Morgan fingerprint density at radius 3 is 2.69 bits per heavy atom. The van der Waals surface area contributed by atoms with Crippen molar-refractivity contribution in [1.29, 1.82) is 0 Å². The number of cyclic esters (lactones) is 1. The molecule has 0 saturated carbocycles. The SMILES string of the molecule is O=C1OC=CC1=CNCc1ccc(Cl)cc1. The van der Waals surface area contributed by atoms with Crippen LogP contribution in [0.5, 0.6) is 0 Å². The summed E-state index contributed by atoms with van der Waals surface area (Å²) in [5.41, 5.74) is 1.62. The Bertz CT molecular complexity index is 449. The molecule has 1 aliphatic rings. The van der Waals surface area contributed by atoms with Crippen LogP contribution in [0.25, 0.3) is 0 Å². The van der Waals surface area contributed by atoms with Crippen LogP contribution in [0.15, 0.2) is 48.4 Å². The van der Waals surface area contributed by atoms with E-state index >= 15 is 0 Å². The van der Waals surface area contributed by atoms with Gasteiger partial charge in [0, 0.05) is 17.8 Å². The predicted octanol–water partition coefficient (Wildman–Crippen LogP) is 2.38. The Labute approximate surface area is 98.4 Å². The fraction of sp³-hybridized carbons (Fsp3) is 0.0833. The van der Waals surface area contributed by atoms with Crippen molar-refractivity contribution in [1.82, 2.24) is 5.32 Å². The highest BCUT2D eigenvalue weighted by molar-refractivity contribution is 6.30. The first-order valence-corrected chi connectivity index (χ1v) is 5.19. The summed E-state index contributed by atoms with van der Waals surface area (Å²) in [6.07, 6.45) is 4.63. The highest BCUT2D eigenvalue weighted by atomic mass is 35.5. The predicted molar refractivity (Wildman–Crippen MR) is 61.6 cm³/mol. The summed E-state index contributed by atoms with van der Waals surface area (Å²) in [6.45, 7) is 0.641. The number of nitrogens with one attached hydrogen (secondary N) is 1. The first-order valence-electron chi connectivity index (χ1n) is 4.81. The summed E-state index contributed by atoms with van der Waals surface area (Å²) in [5, 5.41) is 3.75. The molecular formula is C12H10ClNO2. The van der Waals surface area contributed by atoms with Gasteiger partial charge in [0.15, 0.2) is 0 Å². The molecule has 2 rings (SSSR count). The Kier molecular flexibility index (Phi) is 3.27. The third-order valence-electron chi connectivity index (χ3n) is 2.14. The van der Waals surface area contributed by atoms with Crippen molar-refractivity contribution in [2.75, 3.05) is 0 Å². The summed E-state index contributed by atoms with van der Waals surface area (Å²) in [7, 11) is 0. The van der Waals surface area contributed by atoms with Crippen LogP contribution in [-0.2, 0) is 16.1 Å². The van der Waals surface area contributed by atoms with Crippen molar-refractivity contribution < 1.29 is 9.53 Å². The van der Waals surface area contributed by atoms with Crippen molar-refractivity contribution in [2.24, 2.45) is 0 Å². The fourth-order valence-electron chi connectivity index (χ4n) is 1.29. The fourth-order valence-corrected chi connectivity index (χ4v) is 1.42. The van der Waals surface area contributed by atoms with E-state index in [1.165, 1.54) is 6.26 Å². The van der Waals surface area contributed by atoms with Crippen LogP contribution in [0.1, 0.15) is 5.56 Å². The minimum absolute atomic E-state index is 0.330. The summed E-state index contributed by atoms with van der Waals surface area (Å²) >= 11 is 5.77. The van der Waals surface area contributed by atoms with E-state index in [0.717, 1.165) is 5.56 Å². The molecule has 0 atom stereocenters. The maximum Gasteiger partial charge on any atom is 0.344 e. The summed E-state index contributed by atoms with van der Waals surface area (Å²) in [4.78, 5) is 11.1. The Morgan fingerprint density at radius 2 is 2.06 bits per heavy atom. The van der Waals surface area contributed by atoms with Crippen molar-refractivity contribution in [3.63, 3.8) is 0 Å². The lowest BCUT2D eigenvalue weighted by Crippen LogP contribution is -2.07. The zero-order valence-electron chi connectivity index (χ0n) is 8.44. The largest absolute Gasteiger partial charge is 0.431 e. The number of ether oxygens (including phenoxy) is 1. The molecule has 0 saturated heterocycles. The molecule has 1 N–H and O–H groups in total. The van der Waals surface area contributed by atoms with Crippen LogP contribution < -0.4 is 5.32 Å². The standard InChI is InChI=1S/C12H10ClNO2/c13-11-3-1-9(2-4-11)7-14-8-10-5-6-16-12(10)15/h1-6,8,14H,7H2. The third-order valence-corrected chi connectivity index (χ3v) is 2.39. The van der Waals surface area contributed by atoms with Crippen LogP contribution in [0.4, 0.5) is 0 Å². The van der Waals surface area contributed by atoms with Gasteiger partial charge < -0.3 is 10.1 Å². The van der Waals surface area contributed by atoms with Gasteiger partial charge in [0.25, 0.3) is 0 Å². The highest BCUT2D eigenvalue weighted by Gasteiger charge is 2.11. The topological polar surface area (TPSA) is 38.3 Å². The summed E-state index contributed by atoms with van der Waals surface area (Å²) < 4.78 is 4.64. The average Bonchev–Trinajstić information content (AvgIpc) is 2.68. The van der Waals surface area contributed by atoms with Gasteiger partial charge in [-0.2, -0.15) is 0 Å². The molecule has 3 nitrogen and oxygen atoms in total. The molecule has 16 heavy (non-hydrogen) atoms. The molecule has 0 fully saturated rings. The molecule has 1 aromatic carbocycles. The minimum Gasteiger partial charge on any atom is -0.431 e. The van der Waals surface area contributed by atoms with Gasteiger partial charge in [-0.25, -0.2) is 4.79 Å². The normalized spacial score (nSPS) is 16.6. The average molecular weight is 236 g/mol. The maximum absolute atomic E-state index is 11.1. The first kappa shape index (κ1) is 10.8. The molecule has 0 spiro atoms. The van der Waals surface area contributed by atoms with Crippen molar-refractivity contribution in [3.8, 4) is 0 Å². The minimum atomic E-state index is -0.330. The Balaban J connectivity index is 1.90. The smallest absolute Gasteiger partial charge is 0.344 e. The van der Waals surface area contributed by atoms with E-state index in [0.29, 0.717) is 17.1 Å². The zero-order chi connectivity index (χ0) is 11.4. The number of benzene rings is 1. The van der Waals surface area contributed by atoms with Crippen LogP contribution >= 0.6 is 11.6 Å². The third kappa shape index (κ3) is 2.64. The molecule has 0 aromatic heterocycles. The molecule has 0 unspecified atom stereocenters. The second-order valence-corrected chi connectivity index (χ2v) is 3.75. The van der Waals surface area contributed by atoms with Gasteiger partial charge in [-0.05, 0) is 23.8 Å². The van der Waals surface area contributed by atoms with Crippen LogP contribution in [0.3, 0.4) is 0 Å². The number of hydrogen-bond acceptors (Lipinski definition) is 3. The van der Waals surface area contributed by atoms with Gasteiger partial charge in [0.05, 0.1) is 11.8 Å². The number of carbonyl (C=O) groups excluding carboxylic acids is 1. The van der Waals surface area contributed by atoms with Gasteiger partial charge in [-0.3, -0.25) is 0 Å². The number of rotatable bonds is 3. The second kappa shape index (κ2) is 4.86. The van der Waals surface area contributed by atoms with Crippen molar-refractivity contribution in [2.45, 2.75) is 6.54 Å². The van der Waals surface area contributed by atoms with Crippen LogP contribution in [-0.4, -0.2) is 5.97 Å². The Hall–Kier alpha value is -1.74.